The SMILES string of the molecule is COc1ccccc1OCCC(=O)NCC(C)(C)C(N)=O. The number of nitrogens with one attached hydrogen (secondary N) is 1. The number of primary amides is 1. The number of benzene rings is 1. The Labute approximate surface area is 124 Å². The van der Waals surface area contributed by atoms with Gasteiger partial charge in [-0.2, -0.15) is 0 Å². The van der Waals surface area contributed by atoms with Crippen molar-refractivity contribution in [3.8, 4) is 11.5 Å². The topological polar surface area (TPSA) is 90.7 Å². The van der Waals surface area contributed by atoms with Crippen molar-refractivity contribution in [1.29, 1.82) is 0 Å². The Kier molecular flexibility index (Phi) is 6.02. The predicted octanol–water partition coefficient (Wildman–Crippen LogP) is 1.09. The van der Waals surface area contributed by atoms with Crippen LogP contribution in [-0.2, 0) is 9.59 Å². The van der Waals surface area contributed by atoms with Crippen molar-refractivity contribution in [3.05, 3.63) is 24.3 Å². The molecule has 21 heavy (non-hydrogen) atoms. The number of ether oxygens (including phenoxy) is 2. The van der Waals surface area contributed by atoms with Crippen LogP contribution in [0.15, 0.2) is 24.3 Å². The Morgan fingerprint density at radius 2 is 1.86 bits per heavy atom. The van der Waals surface area contributed by atoms with Crippen LogP contribution in [0.3, 0.4) is 0 Å². The van der Waals surface area contributed by atoms with Gasteiger partial charge in [0.05, 0.1) is 25.6 Å². The molecule has 0 aliphatic rings. The number of hydrogen-bond donors (Lipinski definition) is 2. The number of para-hydroxylation sites is 2. The van der Waals surface area contributed by atoms with E-state index in [1.54, 1.807) is 33.1 Å². The van der Waals surface area contributed by atoms with Gasteiger partial charge in [-0.15, -0.1) is 0 Å². The molecule has 0 fully saturated rings. The molecule has 0 spiro atoms. The smallest absolute Gasteiger partial charge is 0.224 e. The lowest BCUT2D eigenvalue weighted by Gasteiger charge is -2.20. The quantitative estimate of drug-likeness (QED) is 0.751. The summed E-state index contributed by atoms with van der Waals surface area (Å²) in [7, 11) is 1.56. The lowest BCUT2D eigenvalue weighted by Crippen LogP contribution is -2.42. The minimum absolute atomic E-state index is 0.187. The summed E-state index contributed by atoms with van der Waals surface area (Å²) in [5.74, 6) is 0.560. The van der Waals surface area contributed by atoms with Crippen LogP contribution in [0.25, 0.3) is 0 Å². The third kappa shape index (κ3) is 5.33. The molecule has 2 amide bonds. The first-order valence-electron chi connectivity index (χ1n) is 6.69. The van der Waals surface area contributed by atoms with E-state index in [9.17, 15) is 9.59 Å². The molecule has 1 aromatic rings. The minimum Gasteiger partial charge on any atom is -0.493 e. The summed E-state index contributed by atoms with van der Waals surface area (Å²) in [6, 6.07) is 7.22. The van der Waals surface area contributed by atoms with Crippen LogP contribution in [-0.4, -0.2) is 32.1 Å². The van der Waals surface area contributed by atoms with Crippen molar-refractivity contribution in [3.63, 3.8) is 0 Å². The van der Waals surface area contributed by atoms with Gasteiger partial charge in [0.25, 0.3) is 0 Å². The van der Waals surface area contributed by atoms with E-state index in [4.69, 9.17) is 15.2 Å². The first-order chi connectivity index (χ1) is 9.86. The van der Waals surface area contributed by atoms with E-state index in [1.165, 1.54) is 0 Å². The number of carbonyl (C=O) groups excluding carboxylic acids is 2. The third-order valence-electron chi connectivity index (χ3n) is 3.05. The fourth-order valence-corrected chi connectivity index (χ4v) is 1.49. The molecule has 1 aromatic carbocycles. The number of carbonyl (C=O) groups is 2. The van der Waals surface area contributed by atoms with E-state index in [2.05, 4.69) is 5.32 Å². The maximum absolute atomic E-state index is 11.7. The van der Waals surface area contributed by atoms with Gasteiger partial charge in [0, 0.05) is 6.54 Å². The van der Waals surface area contributed by atoms with Gasteiger partial charge in [0.1, 0.15) is 0 Å². The van der Waals surface area contributed by atoms with Crippen molar-refractivity contribution in [2.45, 2.75) is 20.3 Å². The molecule has 0 atom stereocenters. The minimum atomic E-state index is -0.765. The van der Waals surface area contributed by atoms with Crippen LogP contribution in [0.2, 0.25) is 0 Å². The highest BCUT2D eigenvalue weighted by atomic mass is 16.5. The lowest BCUT2D eigenvalue weighted by molar-refractivity contribution is -0.127. The van der Waals surface area contributed by atoms with Gasteiger partial charge in [0.15, 0.2) is 11.5 Å². The molecule has 3 N–H and O–H groups in total. The van der Waals surface area contributed by atoms with Crippen molar-refractivity contribution in [1.82, 2.24) is 5.32 Å². The fourth-order valence-electron chi connectivity index (χ4n) is 1.49. The number of rotatable bonds is 8. The maximum Gasteiger partial charge on any atom is 0.224 e. The van der Waals surface area contributed by atoms with E-state index in [0.29, 0.717) is 11.5 Å². The summed E-state index contributed by atoms with van der Waals surface area (Å²) in [6.07, 6.45) is 0.187. The van der Waals surface area contributed by atoms with E-state index in [1.807, 2.05) is 12.1 Å². The molecule has 0 radical (unpaired) electrons. The Bertz CT molecular complexity index is 500. The summed E-state index contributed by atoms with van der Waals surface area (Å²) in [6.45, 7) is 3.79. The van der Waals surface area contributed by atoms with Crippen LogP contribution in [0.1, 0.15) is 20.3 Å². The summed E-state index contributed by atoms with van der Waals surface area (Å²) >= 11 is 0. The number of methoxy groups -OCH3 is 1. The molecule has 6 nitrogen and oxygen atoms in total. The normalized spacial score (nSPS) is 10.8. The van der Waals surface area contributed by atoms with Gasteiger partial charge in [-0.05, 0) is 26.0 Å². The zero-order chi connectivity index (χ0) is 15.9. The summed E-state index contributed by atoms with van der Waals surface area (Å²) < 4.78 is 10.6. The molecule has 0 aliphatic carbocycles. The largest absolute Gasteiger partial charge is 0.493 e. The monoisotopic (exact) mass is 294 g/mol. The first-order valence-corrected chi connectivity index (χ1v) is 6.69. The van der Waals surface area contributed by atoms with Crippen molar-refractivity contribution in [2.75, 3.05) is 20.3 Å². The predicted molar refractivity (Wildman–Crippen MR) is 79.1 cm³/mol. The number of hydrogen-bond acceptors (Lipinski definition) is 4. The Morgan fingerprint density at radius 3 is 2.43 bits per heavy atom. The molecule has 0 aromatic heterocycles. The summed E-state index contributed by atoms with van der Waals surface area (Å²) in [4.78, 5) is 22.8. The van der Waals surface area contributed by atoms with E-state index < -0.39 is 11.3 Å². The zero-order valence-corrected chi connectivity index (χ0v) is 12.6. The lowest BCUT2D eigenvalue weighted by atomic mass is 9.93. The van der Waals surface area contributed by atoms with Crippen LogP contribution in [0.4, 0.5) is 0 Å². The van der Waals surface area contributed by atoms with Crippen molar-refractivity contribution >= 4 is 11.8 Å². The molecule has 0 heterocycles. The third-order valence-corrected chi connectivity index (χ3v) is 3.05. The molecule has 0 unspecified atom stereocenters. The van der Waals surface area contributed by atoms with Gasteiger partial charge >= 0.3 is 0 Å². The van der Waals surface area contributed by atoms with Gasteiger partial charge in [0.2, 0.25) is 11.8 Å². The van der Waals surface area contributed by atoms with E-state index in [-0.39, 0.29) is 25.5 Å². The highest BCUT2D eigenvalue weighted by molar-refractivity contribution is 5.82. The molecular weight excluding hydrogens is 272 g/mol. The van der Waals surface area contributed by atoms with E-state index >= 15 is 0 Å². The van der Waals surface area contributed by atoms with Crippen LogP contribution in [0.5, 0.6) is 11.5 Å². The zero-order valence-electron chi connectivity index (χ0n) is 12.6. The second kappa shape index (κ2) is 7.52. The Hall–Kier alpha value is -2.24. The van der Waals surface area contributed by atoms with Gasteiger partial charge in [-0.3, -0.25) is 9.59 Å². The average Bonchev–Trinajstić information content (AvgIpc) is 2.45. The molecular formula is C15H22N2O4. The average molecular weight is 294 g/mol. The maximum atomic E-state index is 11.7. The standard InChI is InChI=1S/C15H22N2O4/c1-15(2,14(16)19)10-17-13(18)8-9-21-12-7-5-4-6-11(12)20-3/h4-7H,8-10H2,1-3H3,(H2,16,19)(H,17,18). The second-order valence-corrected chi connectivity index (χ2v) is 5.27. The molecule has 1 rings (SSSR count). The molecule has 0 aliphatic heterocycles. The van der Waals surface area contributed by atoms with Crippen LogP contribution < -0.4 is 20.5 Å². The molecule has 6 heteroatoms. The van der Waals surface area contributed by atoms with Crippen LogP contribution in [0, 0.1) is 5.41 Å². The summed E-state index contributed by atoms with van der Waals surface area (Å²) in [5.41, 5.74) is 4.47. The Balaban J connectivity index is 2.36. The molecule has 0 saturated carbocycles. The van der Waals surface area contributed by atoms with Crippen LogP contribution >= 0.6 is 0 Å². The van der Waals surface area contributed by atoms with E-state index in [0.717, 1.165) is 0 Å². The van der Waals surface area contributed by atoms with Gasteiger partial charge < -0.3 is 20.5 Å². The highest BCUT2D eigenvalue weighted by Crippen LogP contribution is 2.25. The number of amides is 2. The number of nitrogens with two attached hydrogens (primary N) is 1. The van der Waals surface area contributed by atoms with Crippen molar-refractivity contribution in [2.24, 2.45) is 11.1 Å². The second-order valence-electron chi connectivity index (χ2n) is 5.27. The molecule has 0 saturated heterocycles. The highest BCUT2D eigenvalue weighted by Gasteiger charge is 2.25. The Morgan fingerprint density at radius 1 is 1.24 bits per heavy atom. The molecule has 116 valence electrons. The molecule has 0 bridgehead atoms. The summed E-state index contributed by atoms with van der Waals surface area (Å²) in [5, 5.41) is 2.67. The van der Waals surface area contributed by atoms with Gasteiger partial charge in [-0.1, -0.05) is 12.1 Å². The van der Waals surface area contributed by atoms with Crippen molar-refractivity contribution < 1.29 is 19.1 Å². The first kappa shape index (κ1) is 16.8. The van der Waals surface area contributed by atoms with Gasteiger partial charge in [-0.25, -0.2) is 0 Å². The fraction of sp³-hybridized carbons (Fsp3) is 0.467.